The number of carbonyl (C=O) groups is 2. The fraction of sp³-hybridized carbons (Fsp3) is 0.231. The Kier molecular flexibility index (Phi) is 3.62. The zero-order chi connectivity index (χ0) is 13.1. The van der Waals surface area contributed by atoms with Crippen molar-refractivity contribution in [3.8, 4) is 5.75 Å². The van der Waals surface area contributed by atoms with Crippen LogP contribution in [0, 0.1) is 0 Å². The third-order valence-corrected chi connectivity index (χ3v) is 3.71. The first-order valence-electron chi connectivity index (χ1n) is 5.42. The van der Waals surface area contributed by atoms with Crippen LogP contribution in [-0.4, -0.2) is 24.0 Å². The maximum atomic E-state index is 11.8. The molecule has 1 aromatic carbocycles. The van der Waals surface area contributed by atoms with Crippen LogP contribution >= 0.6 is 11.3 Å². The molecule has 2 rings (SSSR count). The van der Waals surface area contributed by atoms with Crippen molar-refractivity contribution < 1.29 is 19.4 Å². The van der Waals surface area contributed by atoms with E-state index in [2.05, 4.69) is 0 Å². The first-order chi connectivity index (χ1) is 8.60. The summed E-state index contributed by atoms with van der Waals surface area (Å²) >= 11 is 1.36. The molecule has 1 heterocycles. The highest BCUT2D eigenvalue weighted by atomic mass is 32.1. The van der Waals surface area contributed by atoms with Crippen molar-refractivity contribution in [3.63, 3.8) is 0 Å². The van der Waals surface area contributed by atoms with Crippen LogP contribution in [-0.2, 0) is 4.79 Å². The molecule has 1 N–H and O–H groups in total. The monoisotopic (exact) mass is 264 g/mol. The van der Waals surface area contributed by atoms with Crippen molar-refractivity contribution in [2.24, 2.45) is 0 Å². The number of rotatable bonds is 5. The molecule has 0 aliphatic rings. The molecule has 0 saturated carbocycles. The van der Waals surface area contributed by atoms with Crippen LogP contribution in [0.2, 0.25) is 0 Å². The standard InChI is InChI=1S/C13H12O4S/c1-17-9-3-2-8-6-12(18-11(8)7-9)10(14)4-5-13(15)16/h2-3,6-7H,4-5H2,1H3,(H,15,16). The van der Waals surface area contributed by atoms with Gasteiger partial charge in [0.25, 0.3) is 0 Å². The SMILES string of the molecule is COc1ccc2cc(C(=O)CCC(=O)O)sc2c1. The van der Waals surface area contributed by atoms with E-state index in [0.29, 0.717) is 4.88 Å². The minimum atomic E-state index is -0.953. The average Bonchev–Trinajstić information content (AvgIpc) is 2.78. The van der Waals surface area contributed by atoms with Gasteiger partial charge in [-0.2, -0.15) is 0 Å². The third kappa shape index (κ3) is 2.68. The largest absolute Gasteiger partial charge is 0.497 e. The second-order valence-corrected chi connectivity index (χ2v) is 4.92. The Morgan fingerprint density at radius 3 is 2.72 bits per heavy atom. The van der Waals surface area contributed by atoms with Gasteiger partial charge < -0.3 is 9.84 Å². The lowest BCUT2D eigenvalue weighted by atomic mass is 10.1. The summed E-state index contributed by atoms with van der Waals surface area (Å²) in [7, 11) is 1.59. The molecule has 5 heteroatoms. The van der Waals surface area contributed by atoms with Gasteiger partial charge in [0.1, 0.15) is 5.75 Å². The Morgan fingerprint density at radius 2 is 2.06 bits per heavy atom. The Bertz CT molecular complexity index is 600. The molecular formula is C13H12O4S. The van der Waals surface area contributed by atoms with Crippen LogP contribution < -0.4 is 4.74 Å². The highest BCUT2D eigenvalue weighted by Crippen LogP contribution is 2.29. The molecule has 94 valence electrons. The van der Waals surface area contributed by atoms with E-state index in [1.54, 1.807) is 13.2 Å². The third-order valence-electron chi connectivity index (χ3n) is 2.57. The van der Waals surface area contributed by atoms with Crippen LogP contribution in [0.25, 0.3) is 10.1 Å². The summed E-state index contributed by atoms with van der Waals surface area (Å²) in [4.78, 5) is 22.8. The van der Waals surface area contributed by atoms with Crippen LogP contribution in [0.15, 0.2) is 24.3 Å². The number of ether oxygens (including phenoxy) is 1. The molecule has 0 radical (unpaired) electrons. The maximum absolute atomic E-state index is 11.8. The highest BCUT2D eigenvalue weighted by molar-refractivity contribution is 7.20. The summed E-state index contributed by atoms with van der Waals surface area (Å²) in [5.74, 6) is -0.336. The molecule has 0 bridgehead atoms. The number of Topliss-reactive ketones (excluding diaryl/α,β-unsaturated/α-hetero) is 1. The second-order valence-electron chi connectivity index (χ2n) is 3.83. The highest BCUT2D eigenvalue weighted by Gasteiger charge is 2.12. The van der Waals surface area contributed by atoms with Crippen molar-refractivity contribution in [1.29, 1.82) is 0 Å². The smallest absolute Gasteiger partial charge is 0.303 e. The van der Waals surface area contributed by atoms with Gasteiger partial charge in [-0.15, -0.1) is 11.3 Å². The van der Waals surface area contributed by atoms with E-state index in [9.17, 15) is 9.59 Å². The van der Waals surface area contributed by atoms with E-state index in [0.717, 1.165) is 15.8 Å². The second kappa shape index (κ2) is 5.18. The number of carbonyl (C=O) groups excluding carboxylic acids is 1. The minimum Gasteiger partial charge on any atom is -0.497 e. The van der Waals surface area contributed by atoms with E-state index < -0.39 is 5.97 Å². The summed E-state index contributed by atoms with van der Waals surface area (Å²) in [6.07, 6.45) is -0.0876. The lowest BCUT2D eigenvalue weighted by Gasteiger charge is -1.97. The summed E-state index contributed by atoms with van der Waals surface area (Å²) in [6, 6.07) is 7.39. The van der Waals surface area contributed by atoms with E-state index in [1.165, 1.54) is 11.3 Å². The molecule has 0 aliphatic heterocycles. The van der Waals surface area contributed by atoms with Gasteiger partial charge in [0, 0.05) is 11.1 Å². The molecule has 0 unspecified atom stereocenters. The Labute approximate surface area is 108 Å². The van der Waals surface area contributed by atoms with Gasteiger partial charge in [0.15, 0.2) is 5.78 Å². The summed E-state index contributed by atoms with van der Waals surface area (Å²) < 4.78 is 6.08. The van der Waals surface area contributed by atoms with E-state index in [1.807, 2.05) is 18.2 Å². The van der Waals surface area contributed by atoms with Crippen LogP contribution in [0.3, 0.4) is 0 Å². The van der Waals surface area contributed by atoms with Gasteiger partial charge in [-0.3, -0.25) is 9.59 Å². The Balaban J connectivity index is 2.24. The summed E-state index contributed by atoms with van der Waals surface area (Å²) in [5, 5.41) is 9.52. The molecule has 1 aromatic heterocycles. The number of hydrogen-bond acceptors (Lipinski definition) is 4. The van der Waals surface area contributed by atoms with Gasteiger partial charge in [-0.25, -0.2) is 0 Å². The molecule has 4 nitrogen and oxygen atoms in total. The number of benzene rings is 1. The lowest BCUT2D eigenvalue weighted by Crippen LogP contribution is -2.01. The normalized spacial score (nSPS) is 10.5. The van der Waals surface area contributed by atoms with Crippen molar-refractivity contribution in [3.05, 3.63) is 29.1 Å². The number of thiophene rings is 1. The lowest BCUT2D eigenvalue weighted by molar-refractivity contribution is -0.136. The zero-order valence-electron chi connectivity index (χ0n) is 9.80. The van der Waals surface area contributed by atoms with Crippen LogP contribution in [0.1, 0.15) is 22.5 Å². The van der Waals surface area contributed by atoms with Crippen LogP contribution in [0.4, 0.5) is 0 Å². The predicted octanol–water partition coefficient (Wildman–Crippen LogP) is 2.96. The van der Waals surface area contributed by atoms with Crippen molar-refractivity contribution in [2.45, 2.75) is 12.8 Å². The van der Waals surface area contributed by atoms with Crippen molar-refractivity contribution >= 4 is 33.2 Å². The van der Waals surface area contributed by atoms with E-state index in [-0.39, 0.29) is 18.6 Å². The average molecular weight is 264 g/mol. The minimum absolute atomic E-state index is 0.0410. The molecule has 0 saturated heterocycles. The molecule has 0 atom stereocenters. The summed E-state index contributed by atoms with van der Waals surface area (Å²) in [6.45, 7) is 0. The Hall–Kier alpha value is -1.88. The quantitative estimate of drug-likeness (QED) is 0.843. The zero-order valence-corrected chi connectivity index (χ0v) is 10.6. The van der Waals surface area contributed by atoms with Gasteiger partial charge in [0.05, 0.1) is 18.4 Å². The Morgan fingerprint density at radius 1 is 1.28 bits per heavy atom. The van der Waals surface area contributed by atoms with Crippen molar-refractivity contribution in [1.82, 2.24) is 0 Å². The number of ketones is 1. The van der Waals surface area contributed by atoms with Crippen LogP contribution in [0.5, 0.6) is 5.75 Å². The first-order valence-corrected chi connectivity index (χ1v) is 6.24. The number of fused-ring (bicyclic) bond motifs is 1. The fourth-order valence-corrected chi connectivity index (χ4v) is 2.68. The van der Waals surface area contributed by atoms with Gasteiger partial charge in [-0.1, -0.05) is 0 Å². The van der Waals surface area contributed by atoms with Crippen molar-refractivity contribution in [2.75, 3.05) is 7.11 Å². The van der Waals surface area contributed by atoms with Gasteiger partial charge in [0.2, 0.25) is 0 Å². The van der Waals surface area contributed by atoms with Gasteiger partial charge >= 0.3 is 5.97 Å². The number of carboxylic acid groups (broad SMARTS) is 1. The fourth-order valence-electron chi connectivity index (χ4n) is 1.62. The molecular weight excluding hydrogens is 252 g/mol. The number of carboxylic acids is 1. The molecule has 0 aliphatic carbocycles. The van der Waals surface area contributed by atoms with Gasteiger partial charge in [-0.05, 0) is 29.7 Å². The first kappa shape index (κ1) is 12.6. The van der Waals surface area contributed by atoms with E-state index in [4.69, 9.17) is 9.84 Å². The number of aliphatic carboxylic acids is 1. The molecule has 0 fully saturated rings. The summed E-state index contributed by atoms with van der Waals surface area (Å²) in [5.41, 5.74) is 0. The molecule has 0 amide bonds. The maximum Gasteiger partial charge on any atom is 0.303 e. The van der Waals surface area contributed by atoms with E-state index >= 15 is 0 Å². The predicted molar refractivity (Wildman–Crippen MR) is 69.6 cm³/mol. The molecule has 2 aromatic rings. The molecule has 18 heavy (non-hydrogen) atoms. The topological polar surface area (TPSA) is 63.6 Å². The number of methoxy groups -OCH3 is 1. The number of hydrogen-bond donors (Lipinski definition) is 1. The molecule has 0 spiro atoms.